The predicted molar refractivity (Wildman–Crippen MR) is 79.3 cm³/mol. The summed E-state index contributed by atoms with van der Waals surface area (Å²) in [6.45, 7) is 5.85. The van der Waals surface area contributed by atoms with Gasteiger partial charge in [-0.25, -0.2) is 0 Å². The van der Waals surface area contributed by atoms with Crippen LogP contribution in [-0.2, 0) is 6.54 Å². The molecule has 3 heteroatoms. The molecule has 1 saturated heterocycles. The first-order valence-corrected chi connectivity index (χ1v) is 7.46. The monoisotopic (exact) mass is 262 g/mol. The number of nitrogens with zero attached hydrogens (tertiary/aromatic N) is 1. The Kier molecular flexibility index (Phi) is 5.67. The highest BCUT2D eigenvalue weighted by Gasteiger charge is 2.16. The number of hydrogen-bond acceptors (Lipinski definition) is 3. The van der Waals surface area contributed by atoms with Crippen LogP contribution in [0.25, 0.3) is 0 Å². The fraction of sp³-hybridized carbons (Fsp3) is 0.625. The summed E-state index contributed by atoms with van der Waals surface area (Å²) in [4.78, 5) is 2.55. The minimum Gasteiger partial charge on any atom is -0.492 e. The van der Waals surface area contributed by atoms with E-state index in [9.17, 15) is 0 Å². The van der Waals surface area contributed by atoms with Crippen molar-refractivity contribution in [3.05, 3.63) is 29.8 Å². The first-order chi connectivity index (χ1) is 9.31. The maximum absolute atomic E-state index is 5.90. The Morgan fingerprint density at radius 1 is 1.26 bits per heavy atom. The highest BCUT2D eigenvalue weighted by atomic mass is 16.5. The van der Waals surface area contributed by atoms with Crippen molar-refractivity contribution in [3.63, 3.8) is 0 Å². The van der Waals surface area contributed by atoms with Gasteiger partial charge >= 0.3 is 0 Å². The SMILES string of the molecule is CC1CCCCCN1CCOc1ccccc1CN. The zero-order chi connectivity index (χ0) is 13.5. The van der Waals surface area contributed by atoms with E-state index in [2.05, 4.69) is 11.8 Å². The average Bonchev–Trinajstić information content (AvgIpc) is 2.64. The molecule has 0 aliphatic carbocycles. The van der Waals surface area contributed by atoms with Gasteiger partial charge in [0.25, 0.3) is 0 Å². The second-order valence-corrected chi connectivity index (χ2v) is 5.39. The minimum atomic E-state index is 0.538. The smallest absolute Gasteiger partial charge is 0.123 e. The van der Waals surface area contributed by atoms with Crippen molar-refractivity contribution in [2.24, 2.45) is 5.73 Å². The summed E-state index contributed by atoms with van der Waals surface area (Å²) in [5.41, 5.74) is 6.81. The molecule has 0 saturated carbocycles. The Hall–Kier alpha value is -1.06. The Bertz CT molecular complexity index is 381. The summed E-state index contributed by atoms with van der Waals surface area (Å²) in [6, 6.07) is 8.74. The predicted octanol–water partition coefficient (Wildman–Crippen LogP) is 2.79. The van der Waals surface area contributed by atoms with Gasteiger partial charge in [-0.1, -0.05) is 31.0 Å². The summed E-state index contributed by atoms with van der Waals surface area (Å²) < 4.78 is 5.90. The second kappa shape index (κ2) is 7.51. The molecule has 1 unspecified atom stereocenters. The summed E-state index contributed by atoms with van der Waals surface area (Å²) in [5, 5.41) is 0. The fourth-order valence-electron chi connectivity index (χ4n) is 2.75. The molecule has 19 heavy (non-hydrogen) atoms. The van der Waals surface area contributed by atoms with Crippen LogP contribution in [0, 0.1) is 0 Å². The van der Waals surface area contributed by atoms with Crippen molar-refractivity contribution in [2.45, 2.75) is 45.2 Å². The Morgan fingerprint density at radius 3 is 2.95 bits per heavy atom. The van der Waals surface area contributed by atoms with Gasteiger partial charge < -0.3 is 10.5 Å². The number of para-hydroxylation sites is 1. The molecule has 1 fully saturated rings. The van der Waals surface area contributed by atoms with E-state index in [1.165, 1.54) is 32.2 Å². The third-order valence-electron chi connectivity index (χ3n) is 4.02. The number of nitrogens with two attached hydrogens (primary N) is 1. The molecule has 1 atom stereocenters. The molecular weight excluding hydrogens is 236 g/mol. The highest BCUT2D eigenvalue weighted by Crippen LogP contribution is 2.18. The van der Waals surface area contributed by atoms with Crippen molar-refractivity contribution in [2.75, 3.05) is 19.7 Å². The zero-order valence-corrected chi connectivity index (χ0v) is 12.0. The molecule has 0 spiro atoms. The van der Waals surface area contributed by atoms with Crippen molar-refractivity contribution in [1.82, 2.24) is 4.90 Å². The van der Waals surface area contributed by atoms with Gasteiger partial charge in [0.15, 0.2) is 0 Å². The minimum absolute atomic E-state index is 0.538. The lowest BCUT2D eigenvalue weighted by Gasteiger charge is -2.26. The molecule has 0 aromatic heterocycles. The van der Waals surface area contributed by atoms with Crippen LogP contribution >= 0.6 is 0 Å². The molecule has 1 aromatic rings. The molecule has 3 nitrogen and oxygen atoms in total. The van der Waals surface area contributed by atoms with Gasteiger partial charge in [-0.05, 0) is 32.4 Å². The molecule has 0 bridgehead atoms. The van der Waals surface area contributed by atoms with Crippen LogP contribution in [-0.4, -0.2) is 30.6 Å². The maximum atomic E-state index is 5.90. The van der Waals surface area contributed by atoms with Gasteiger partial charge in [0, 0.05) is 24.7 Å². The zero-order valence-electron chi connectivity index (χ0n) is 12.0. The summed E-state index contributed by atoms with van der Waals surface area (Å²) in [7, 11) is 0. The normalized spacial score (nSPS) is 21.1. The molecular formula is C16H26N2O. The summed E-state index contributed by atoms with van der Waals surface area (Å²) >= 11 is 0. The third-order valence-corrected chi connectivity index (χ3v) is 4.02. The molecule has 1 aromatic carbocycles. The Balaban J connectivity index is 1.82. The fourth-order valence-corrected chi connectivity index (χ4v) is 2.75. The van der Waals surface area contributed by atoms with Crippen molar-refractivity contribution >= 4 is 0 Å². The summed E-state index contributed by atoms with van der Waals surface area (Å²) in [6.07, 6.45) is 5.38. The van der Waals surface area contributed by atoms with Crippen molar-refractivity contribution < 1.29 is 4.74 Å². The van der Waals surface area contributed by atoms with Crippen LogP contribution in [0.2, 0.25) is 0 Å². The molecule has 0 radical (unpaired) electrons. The number of ether oxygens (including phenoxy) is 1. The van der Waals surface area contributed by atoms with Gasteiger partial charge in [0.05, 0.1) is 0 Å². The van der Waals surface area contributed by atoms with Crippen LogP contribution in [0.4, 0.5) is 0 Å². The van der Waals surface area contributed by atoms with Crippen LogP contribution < -0.4 is 10.5 Å². The van der Waals surface area contributed by atoms with E-state index in [4.69, 9.17) is 10.5 Å². The largest absolute Gasteiger partial charge is 0.492 e. The lowest BCUT2D eigenvalue weighted by Crippen LogP contribution is -2.35. The van der Waals surface area contributed by atoms with Crippen LogP contribution in [0.5, 0.6) is 5.75 Å². The molecule has 1 heterocycles. The van der Waals surface area contributed by atoms with E-state index in [0.29, 0.717) is 12.6 Å². The van der Waals surface area contributed by atoms with Crippen molar-refractivity contribution in [3.8, 4) is 5.75 Å². The van der Waals surface area contributed by atoms with E-state index in [-0.39, 0.29) is 0 Å². The number of benzene rings is 1. The average molecular weight is 262 g/mol. The lowest BCUT2D eigenvalue weighted by atomic mass is 10.1. The van der Waals surface area contributed by atoms with E-state index < -0.39 is 0 Å². The van der Waals surface area contributed by atoms with Gasteiger partial charge in [-0.15, -0.1) is 0 Å². The van der Waals surface area contributed by atoms with Gasteiger partial charge in [-0.3, -0.25) is 4.90 Å². The molecule has 1 aliphatic heterocycles. The van der Waals surface area contributed by atoms with E-state index in [1.807, 2.05) is 24.3 Å². The second-order valence-electron chi connectivity index (χ2n) is 5.39. The van der Waals surface area contributed by atoms with E-state index in [0.717, 1.165) is 24.5 Å². The molecule has 2 N–H and O–H groups in total. The topological polar surface area (TPSA) is 38.5 Å². The Labute approximate surface area is 116 Å². The quantitative estimate of drug-likeness (QED) is 0.887. The standard InChI is InChI=1S/C16H26N2O/c1-14-7-3-2-6-10-18(14)11-12-19-16-9-5-4-8-15(16)13-17/h4-5,8-9,14H,2-3,6-7,10-13,17H2,1H3. The van der Waals surface area contributed by atoms with Crippen molar-refractivity contribution in [1.29, 1.82) is 0 Å². The first-order valence-electron chi connectivity index (χ1n) is 7.46. The van der Waals surface area contributed by atoms with Crippen LogP contribution in [0.15, 0.2) is 24.3 Å². The van der Waals surface area contributed by atoms with Crippen LogP contribution in [0.1, 0.15) is 38.2 Å². The Morgan fingerprint density at radius 2 is 2.11 bits per heavy atom. The van der Waals surface area contributed by atoms with E-state index >= 15 is 0 Å². The van der Waals surface area contributed by atoms with Crippen LogP contribution in [0.3, 0.4) is 0 Å². The number of likely N-dealkylation sites (tertiary alicyclic amines) is 1. The van der Waals surface area contributed by atoms with Gasteiger partial charge in [0.2, 0.25) is 0 Å². The lowest BCUT2D eigenvalue weighted by molar-refractivity contribution is 0.170. The summed E-state index contributed by atoms with van der Waals surface area (Å²) in [5.74, 6) is 0.937. The number of rotatable bonds is 5. The van der Waals surface area contributed by atoms with Gasteiger partial charge in [-0.2, -0.15) is 0 Å². The maximum Gasteiger partial charge on any atom is 0.123 e. The van der Waals surface area contributed by atoms with E-state index in [1.54, 1.807) is 0 Å². The first kappa shape index (κ1) is 14.4. The highest BCUT2D eigenvalue weighted by molar-refractivity contribution is 5.32. The molecule has 106 valence electrons. The third kappa shape index (κ3) is 4.22. The molecule has 1 aliphatic rings. The number of hydrogen-bond donors (Lipinski definition) is 1. The molecule has 2 rings (SSSR count). The molecule has 0 amide bonds. The van der Waals surface area contributed by atoms with Gasteiger partial charge in [0.1, 0.15) is 12.4 Å².